The minimum Gasteiger partial charge on any atom is -0.452 e. The third-order valence-corrected chi connectivity index (χ3v) is 4.08. The summed E-state index contributed by atoms with van der Waals surface area (Å²) in [6, 6.07) is 12.9. The summed E-state index contributed by atoms with van der Waals surface area (Å²) in [6.45, 7) is 5.33. The third-order valence-electron chi connectivity index (χ3n) is 3.67. The van der Waals surface area contributed by atoms with Crippen molar-refractivity contribution in [1.29, 1.82) is 0 Å². The number of anilines is 1. The Bertz CT molecular complexity index is 741. The van der Waals surface area contributed by atoms with Gasteiger partial charge < -0.3 is 10.1 Å². The SMILES string of the molecule is Cc1ccc(CC(=O)O[C@@H](C)C(=O)Nc2cccc(Cl)c2C)cc1. The number of esters is 1. The van der Waals surface area contributed by atoms with Crippen molar-refractivity contribution in [2.75, 3.05) is 5.32 Å². The molecule has 0 aliphatic carbocycles. The van der Waals surface area contributed by atoms with E-state index in [4.69, 9.17) is 16.3 Å². The van der Waals surface area contributed by atoms with Crippen LogP contribution in [0.25, 0.3) is 0 Å². The zero-order chi connectivity index (χ0) is 17.7. The second-order valence-electron chi connectivity index (χ2n) is 5.70. The first-order valence-electron chi connectivity index (χ1n) is 7.68. The normalized spacial score (nSPS) is 11.7. The van der Waals surface area contributed by atoms with E-state index < -0.39 is 18.0 Å². The highest BCUT2D eigenvalue weighted by molar-refractivity contribution is 6.31. The lowest BCUT2D eigenvalue weighted by Gasteiger charge is -2.15. The molecule has 0 radical (unpaired) electrons. The smallest absolute Gasteiger partial charge is 0.311 e. The molecule has 0 fully saturated rings. The number of rotatable bonds is 5. The van der Waals surface area contributed by atoms with Gasteiger partial charge in [-0.15, -0.1) is 0 Å². The minimum absolute atomic E-state index is 0.133. The van der Waals surface area contributed by atoms with Crippen LogP contribution in [-0.4, -0.2) is 18.0 Å². The number of ether oxygens (including phenoxy) is 1. The molecule has 2 aromatic rings. The van der Waals surface area contributed by atoms with E-state index in [1.807, 2.05) is 38.1 Å². The van der Waals surface area contributed by atoms with Crippen molar-refractivity contribution in [3.63, 3.8) is 0 Å². The molecule has 0 aliphatic rings. The summed E-state index contributed by atoms with van der Waals surface area (Å²) in [6.07, 6.45) is -0.755. The van der Waals surface area contributed by atoms with E-state index in [1.165, 1.54) is 0 Å². The van der Waals surface area contributed by atoms with E-state index in [0.717, 1.165) is 16.7 Å². The molecule has 1 N–H and O–H groups in total. The van der Waals surface area contributed by atoms with Gasteiger partial charge >= 0.3 is 5.97 Å². The molecule has 2 rings (SSSR count). The summed E-state index contributed by atoms with van der Waals surface area (Å²) in [4.78, 5) is 24.1. The van der Waals surface area contributed by atoms with Gasteiger partial charge in [0.2, 0.25) is 0 Å². The molecular weight excluding hydrogens is 326 g/mol. The molecule has 0 heterocycles. The van der Waals surface area contributed by atoms with E-state index in [1.54, 1.807) is 25.1 Å². The van der Waals surface area contributed by atoms with Gasteiger partial charge in [0.15, 0.2) is 6.10 Å². The molecule has 0 bridgehead atoms. The monoisotopic (exact) mass is 345 g/mol. The fraction of sp³-hybridized carbons (Fsp3) is 0.263. The number of aryl methyl sites for hydroxylation is 1. The molecule has 126 valence electrons. The molecule has 0 saturated carbocycles. The molecule has 24 heavy (non-hydrogen) atoms. The van der Waals surface area contributed by atoms with Gasteiger partial charge in [0.05, 0.1) is 6.42 Å². The molecule has 1 amide bonds. The van der Waals surface area contributed by atoms with Crippen molar-refractivity contribution in [1.82, 2.24) is 0 Å². The largest absolute Gasteiger partial charge is 0.452 e. The third kappa shape index (κ3) is 4.83. The van der Waals surface area contributed by atoms with E-state index >= 15 is 0 Å². The van der Waals surface area contributed by atoms with Crippen molar-refractivity contribution in [3.05, 3.63) is 64.2 Å². The van der Waals surface area contributed by atoms with Crippen molar-refractivity contribution in [2.24, 2.45) is 0 Å². The number of halogens is 1. The predicted octanol–water partition coefficient (Wildman–Crippen LogP) is 4.07. The number of hydrogen-bond acceptors (Lipinski definition) is 3. The van der Waals surface area contributed by atoms with Gasteiger partial charge in [-0.3, -0.25) is 9.59 Å². The van der Waals surface area contributed by atoms with Crippen LogP contribution in [0.2, 0.25) is 5.02 Å². The van der Waals surface area contributed by atoms with Gasteiger partial charge in [0.25, 0.3) is 5.91 Å². The maximum absolute atomic E-state index is 12.2. The maximum Gasteiger partial charge on any atom is 0.311 e. The molecule has 0 saturated heterocycles. The number of carbonyl (C=O) groups is 2. The molecule has 0 spiro atoms. The van der Waals surface area contributed by atoms with Gasteiger partial charge in [-0.25, -0.2) is 0 Å². The second-order valence-corrected chi connectivity index (χ2v) is 6.10. The van der Waals surface area contributed by atoms with Crippen LogP contribution in [0, 0.1) is 13.8 Å². The van der Waals surface area contributed by atoms with E-state index in [9.17, 15) is 9.59 Å². The first-order chi connectivity index (χ1) is 11.4. The molecular formula is C19H20ClNO3. The summed E-state index contributed by atoms with van der Waals surface area (Å²) in [7, 11) is 0. The fourth-order valence-corrected chi connectivity index (χ4v) is 2.32. The first kappa shape index (κ1) is 18.0. The highest BCUT2D eigenvalue weighted by atomic mass is 35.5. The quantitative estimate of drug-likeness (QED) is 0.831. The number of carbonyl (C=O) groups excluding carboxylic acids is 2. The highest BCUT2D eigenvalue weighted by Gasteiger charge is 2.19. The van der Waals surface area contributed by atoms with Crippen LogP contribution in [0.3, 0.4) is 0 Å². The number of hydrogen-bond donors (Lipinski definition) is 1. The van der Waals surface area contributed by atoms with E-state index in [2.05, 4.69) is 5.32 Å². The lowest BCUT2D eigenvalue weighted by Crippen LogP contribution is -2.30. The van der Waals surface area contributed by atoms with Crippen molar-refractivity contribution < 1.29 is 14.3 Å². The molecule has 0 aromatic heterocycles. The zero-order valence-electron chi connectivity index (χ0n) is 13.9. The second kappa shape index (κ2) is 7.97. The molecule has 0 unspecified atom stereocenters. The number of amides is 1. The number of benzene rings is 2. The first-order valence-corrected chi connectivity index (χ1v) is 8.05. The highest BCUT2D eigenvalue weighted by Crippen LogP contribution is 2.23. The van der Waals surface area contributed by atoms with Crippen LogP contribution in [0.5, 0.6) is 0 Å². The summed E-state index contributed by atoms with van der Waals surface area (Å²) in [5, 5.41) is 3.29. The van der Waals surface area contributed by atoms with Crippen LogP contribution in [0.4, 0.5) is 5.69 Å². The Morgan fingerprint density at radius 2 is 1.79 bits per heavy atom. The van der Waals surface area contributed by atoms with Gasteiger partial charge in [-0.05, 0) is 44.0 Å². The Labute approximate surface area is 146 Å². The lowest BCUT2D eigenvalue weighted by atomic mass is 10.1. The van der Waals surface area contributed by atoms with Crippen LogP contribution < -0.4 is 5.32 Å². The molecule has 1 atom stereocenters. The standard InChI is InChI=1S/C19H20ClNO3/c1-12-7-9-15(10-8-12)11-18(22)24-14(3)19(23)21-17-6-4-5-16(20)13(17)2/h4-10,14H,11H2,1-3H3,(H,21,23)/t14-/m0/s1. The average Bonchev–Trinajstić information content (AvgIpc) is 2.54. The Balaban J connectivity index is 1.92. The van der Waals surface area contributed by atoms with Crippen LogP contribution >= 0.6 is 11.6 Å². The molecule has 5 heteroatoms. The minimum atomic E-state index is -0.888. The van der Waals surface area contributed by atoms with Crippen molar-refractivity contribution in [2.45, 2.75) is 33.3 Å². The summed E-state index contributed by atoms with van der Waals surface area (Å²) >= 11 is 6.03. The van der Waals surface area contributed by atoms with E-state index in [0.29, 0.717) is 10.7 Å². The molecule has 4 nitrogen and oxygen atoms in total. The average molecular weight is 346 g/mol. The van der Waals surface area contributed by atoms with Crippen molar-refractivity contribution >= 4 is 29.2 Å². The summed E-state index contributed by atoms with van der Waals surface area (Å²) < 4.78 is 5.20. The Kier molecular flexibility index (Phi) is 5.99. The Morgan fingerprint density at radius 1 is 1.12 bits per heavy atom. The van der Waals surface area contributed by atoms with Gasteiger partial charge in [-0.1, -0.05) is 47.5 Å². The maximum atomic E-state index is 12.2. The van der Waals surface area contributed by atoms with Gasteiger partial charge in [0.1, 0.15) is 0 Å². The van der Waals surface area contributed by atoms with Gasteiger partial charge in [-0.2, -0.15) is 0 Å². The van der Waals surface area contributed by atoms with Gasteiger partial charge in [0, 0.05) is 10.7 Å². The van der Waals surface area contributed by atoms with Crippen LogP contribution in [-0.2, 0) is 20.7 Å². The Morgan fingerprint density at radius 3 is 2.46 bits per heavy atom. The summed E-state index contributed by atoms with van der Waals surface area (Å²) in [5.74, 6) is -0.832. The zero-order valence-corrected chi connectivity index (χ0v) is 14.7. The molecule has 2 aromatic carbocycles. The van der Waals surface area contributed by atoms with Crippen LogP contribution in [0.15, 0.2) is 42.5 Å². The fourth-order valence-electron chi connectivity index (χ4n) is 2.14. The van der Waals surface area contributed by atoms with E-state index in [-0.39, 0.29) is 6.42 Å². The summed E-state index contributed by atoms with van der Waals surface area (Å²) in [5.41, 5.74) is 3.35. The Hall–Kier alpha value is -2.33. The topological polar surface area (TPSA) is 55.4 Å². The predicted molar refractivity (Wildman–Crippen MR) is 95.3 cm³/mol. The van der Waals surface area contributed by atoms with Crippen LogP contribution in [0.1, 0.15) is 23.6 Å². The number of nitrogens with one attached hydrogen (secondary N) is 1. The molecule has 0 aliphatic heterocycles. The lowest BCUT2D eigenvalue weighted by molar-refractivity contribution is -0.152. The van der Waals surface area contributed by atoms with Crippen molar-refractivity contribution in [3.8, 4) is 0 Å².